The van der Waals surface area contributed by atoms with Crippen LogP contribution >= 0.6 is 7.60 Å². The second-order valence-electron chi connectivity index (χ2n) is 2.60. The minimum atomic E-state index is -4.21. The van der Waals surface area contributed by atoms with Crippen LogP contribution in [0.4, 0.5) is 0 Å². The molecule has 0 saturated carbocycles. The van der Waals surface area contributed by atoms with Crippen molar-refractivity contribution in [3.05, 3.63) is 35.4 Å². The summed E-state index contributed by atoms with van der Waals surface area (Å²) >= 11 is 0. The van der Waals surface area contributed by atoms with Gasteiger partial charge in [0.2, 0.25) is 0 Å². The molecule has 0 aromatic heterocycles. The normalized spacial score (nSPS) is 10.4. The van der Waals surface area contributed by atoms with Gasteiger partial charge in [0.25, 0.3) is 0 Å². The fraction of sp³-hybridized carbons (Fsp3) is 0.111. The summed E-state index contributed by atoms with van der Waals surface area (Å²) < 4.78 is 10.4. The topological polar surface area (TPSA) is 57.5 Å². The molecule has 0 atom stereocenters. The zero-order valence-corrected chi connectivity index (χ0v) is 7.95. The molecule has 13 heavy (non-hydrogen) atoms. The number of rotatable bonds is 0. The Morgan fingerprint density at radius 3 is 2.46 bits per heavy atom. The molecule has 0 saturated heterocycles. The molecule has 0 spiro atoms. The van der Waals surface area contributed by atoms with Gasteiger partial charge in [0.15, 0.2) is 0 Å². The predicted molar refractivity (Wildman–Crippen MR) is 50.1 cm³/mol. The average molecular weight is 196 g/mol. The molecule has 0 amide bonds. The van der Waals surface area contributed by atoms with E-state index in [4.69, 9.17) is 9.79 Å². The smallest absolute Gasteiger partial charge is 0.315 e. The third-order valence-electron chi connectivity index (χ3n) is 1.48. The van der Waals surface area contributed by atoms with Crippen molar-refractivity contribution in [2.75, 3.05) is 0 Å². The van der Waals surface area contributed by atoms with Crippen molar-refractivity contribution in [1.82, 2.24) is 0 Å². The molecule has 4 heteroatoms. The molecule has 0 aliphatic carbocycles. The average Bonchev–Trinajstić information content (AvgIpc) is 2.01. The molecule has 1 aromatic carbocycles. The molecule has 0 radical (unpaired) electrons. The van der Waals surface area contributed by atoms with E-state index in [1.54, 1.807) is 12.1 Å². The number of hydrogen-bond acceptors (Lipinski definition) is 1. The Morgan fingerprint density at radius 1 is 1.31 bits per heavy atom. The lowest BCUT2D eigenvalue weighted by molar-refractivity contribution is 0.389. The van der Waals surface area contributed by atoms with Crippen LogP contribution in [0.3, 0.4) is 0 Å². The molecule has 1 rings (SSSR count). The van der Waals surface area contributed by atoms with Gasteiger partial charge in [0.1, 0.15) is 0 Å². The van der Waals surface area contributed by atoms with E-state index < -0.39 is 7.60 Å². The Kier molecular flexibility index (Phi) is 2.90. The van der Waals surface area contributed by atoms with Gasteiger partial charge in [-0.3, -0.25) is 0 Å². The molecule has 0 unspecified atom stereocenters. The first-order valence-electron chi connectivity index (χ1n) is 3.63. The van der Waals surface area contributed by atoms with Crippen LogP contribution in [-0.2, 0) is 4.57 Å². The lowest BCUT2D eigenvalue weighted by Gasteiger charge is -1.95. The molecule has 0 aliphatic heterocycles. The Balaban J connectivity index is 3.04. The summed E-state index contributed by atoms with van der Waals surface area (Å²) in [4.78, 5) is 17.0. The standard InChI is InChI=1S/C9H9O3P/c1-8-4-2-3-5-9(8)6-7-13(10,11)12/h2-5H,1H3,(H2,10,11,12). The van der Waals surface area contributed by atoms with E-state index in [2.05, 4.69) is 5.92 Å². The second-order valence-corrected chi connectivity index (χ2v) is 3.91. The summed E-state index contributed by atoms with van der Waals surface area (Å²) in [6, 6.07) is 7.18. The largest absolute Gasteiger partial charge is 0.400 e. The zero-order chi connectivity index (χ0) is 9.90. The predicted octanol–water partition coefficient (Wildman–Crippen LogP) is 1.48. The van der Waals surface area contributed by atoms with Crippen LogP contribution in [0.2, 0.25) is 0 Å². The van der Waals surface area contributed by atoms with Crippen LogP contribution in [0.25, 0.3) is 0 Å². The minimum absolute atomic E-state index is 0.644. The molecule has 0 heterocycles. The Labute approximate surface area is 76.6 Å². The van der Waals surface area contributed by atoms with Gasteiger partial charge in [-0.15, -0.1) is 0 Å². The highest BCUT2D eigenvalue weighted by atomic mass is 31.2. The molecule has 0 fully saturated rings. The molecular formula is C9H9O3P. The van der Waals surface area contributed by atoms with Gasteiger partial charge in [0.05, 0.1) is 0 Å². The SMILES string of the molecule is Cc1ccccc1C#CP(=O)(O)O. The van der Waals surface area contributed by atoms with Crippen LogP contribution in [0.5, 0.6) is 0 Å². The summed E-state index contributed by atoms with van der Waals surface area (Å²) in [5, 5.41) is 0. The van der Waals surface area contributed by atoms with E-state index in [1.165, 1.54) is 0 Å². The van der Waals surface area contributed by atoms with Crippen molar-refractivity contribution in [2.45, 2.75) is 6.92 Å². The zero-order valence-electron chi connectivity index (χ0n) is 7.06. The quantitative estimate of drug-likeness (QED) is 0.488. The Morgan fingerprint density at radius 2 is 1.92 bits per heavy atom. The molecule has 1 aromatic rings. The summed E-state index contributed by atoms with van der Waals surface area (Å²) in [6.45, 7) is 1.84. The van der Waals surface area contributed by atoms with Crippen molar-refractivity contribution in [2.24, 2.45) is 0 Å². The third-order valence-corrected chi connectivity index (χ3v) is 1.88. The van der Waals surface area contributed by atoms with E-state index in [1.807, 2.05) is 24.7 Å². The fourth-order valence-corrected chi connectivity index (χ4v) is 1.11. The Hall–Kier alpha value is -1.07. The first kappa shape index (κ1) is 10.0. The van der Waals surface area contributed by atoms with Gasteiger partial charge in [-0.2, -0.15) is 0 Å². The number of benzene rings is 1. The van der Waals surface area contributed by atoms with Gasteiger partial charge in [-0.25, -0.2) is 4.57 Å². The van der Waals surface area contributed by atoms with Crippen LogP contribution < -0.4 is 0 Å². The lowest BCUT2D eigenvalue weighted by atomic mass is 10.1. The lowest BCUT2D eigenvalue weighted by Crippen LogP contribution is -1.80. The summed E-state index contributed by atoms with van der Waals surface area (Å²) in [6.07, 6.45) is 0. The van der Waals surface area contributed by atoms with Gasteiger partial charge in [-0.05, 0) is 18.6 Å². The van der Waals surface area contributed by atoms with Crippen LogP contribution in [-0.4, -0.2) is 9.79 Å². The maximum Gasteiger partial charge on any atom is 0.400 e. The van der Waals surface area contributed by atoms with Gasteiger partial charge < -0.3 is 9.79 Å². The first-order valence-corrected chi connectivity index (χ1v) is 5.25. The van der Waals surface area contributed by atoms with E-state index in [9.17, 15) is 4.57 Å². The van der Waals surface area contributed by atoms with Crippen LogP contribution in [0.1, 0.15) is 11.1 Å². The highest BCUT2D eigenvalue weighted by Crippen LogP contribution is 2.32. The molecule has 2 N–H and O–H groups in total. The highest BCUT2D eigenvalue weighted by molar-refractivity contribution is 7.57. The van der Waals surface area contributed by atoms with Crippen molar-refractivity contribution in [3.63, 3.8) is 0 Å². The van der Waals surface area contributed by atoms with Crippen molar-refractivity contribution in [3.8, 4) is 11.6 Å². The third kappa shape index (κ3) is 3.43. The highest BCUT2D eigenvalue weighted by Gasteiger charge is 2.05. The first-order chi connectivity index (χ1) is 5.99. The summed E-state index contributed by atoms with van der Waals surface area (Å²) in [5.74, 6) is 2.44. The Bertz CT molecular complexity index is 408. The van der Waals surface area contributed by atoms with Crippen LogP contribution in [0.15, 0.2) is 24.3 Å². The van der Waals surface area contributed by atoms with Gasteiger partial charge >= 0.3 is 7.60 Å². The second kappa shape index (κ2) is 3.76. The van der Waals surface area contributed by atoms with Gasteiger partial charge in [-0.1, -0.05) is 24.1 Å². The monoisotopic (exact) mass is 196 g/mol. The van der Waals surface area contributed by atoms with Crippen molar-refractivity contribution >= 4 is 7.60 Å². The fourth-order valence-electron chi connectivity index (χ4n) is 0.846. The summed E-state index contributed by atoms with van der Waals surface area (Å²) in [5.41, 5.74) is 3.45. The van der Waals surface area contributed by atoms with E-state index in [-0.39, 0.29) is 0 Å². The van der Waals surface area contributed by atoms with Gasteiger partial charge in [0, 0.05) is 11.2 Å². The summed E-state index contributed by atoms with van der Waals surface area (Å²) in [7, 11) is -4.21. The maximum atomic E-state index is 10.4. The molecular weight excluding hydrogens is 187 g/mol. The van der Waals surface area contributed by atoms with E-state index >= 15 is 0 Å². The van der Waals surface area contributed by atoms with Crippen molar-refractivity contribution < 1.29 is 14.4 Å². The number of hydrogen-bond donors (Lipinski definition) is 2. The maximum absolute atomic E-state index is 10.4. The molecule has 68 valence electrons. The van der Waals surface area contributed by atoms with E-state index in [0.717, 1.165) is 5.56 Å². The molecule has 0 bridgehead atoms. The van der Waals surface area contributed by atoms with Crippen molar-refractivity contribution in [1.29, 1.82) is 0 Å². The minimum Gasteiger partial charge on any atom is -0.315 e. The van der Waals surface area contributed by atoms with E-state index in [0.29, 0.717) is 5.56 Å². The molecule has 3 nitrogen and oxygen atoms in total. The number of aryl methyl sites for hydroxylation is 1. The molecule has 0 aliphatic rings. The van der Waals surface area contributed by atoms with Crippen LogP contribution in [0, 0.1) is 18.5 Å².